The van der Waals surface area contributed by atoms with Gasteiger partial charge in [0.1, 0.15) is 5.75 Å². The Balaban J connectivity index is 1.21. The molecule has 0 amide bonds. The quantitative estimate of drug-likeness (QED) is 0.755. The van der Waals surface area contributed by atoms with Crippen LogP contribution in [0.3, 0.4) is 0 Å². The zero-order valence-electron chi connectivity index (χ0n) is 15.9. The monoisotopic (exact) mass is 359 g/mol. The van der Waals surface area contributed by atoms with Gasteiger partial charge in [0.25, 0.3) is 0 Å². The molecule has 3 aliphatic rings. The zero-order valence-corrected chi connectivity index (χ0v) is 15.9. The lowest BCUT2D eigenvalue weighted by atomic mass is 10.1. The highest BCUT2D eigenvalue weighted by Gasteiger charge is 2.34. The second-order valence-corrected chi connectivity index (χ2v) is 7.85. The molecule has 4 rings (SSSR count). The smallest absolute Gasteiger partial charge is 0.119 e. The number of benzene rings is 1. The van der Waals surface area contributed by atoms with E-state index in [9.17, 15) is 0 Å². The summed E-state index contributed by atoms with van der Waals surface area (Å²) in [5.74, 6) is 0.997. The summed E-state index contributed by atoms with van der Waals surface area (Å²) >= 11 is 0. The van der Waals surface area contributed by atoms with Crippen molar-refractivity contribution in [3.63, 3.8) is 0 Å². The SMILES string of the molecule is c1cc(OCCCN2CCOCC2)ccc1CN1C2CCNCC1CC2. The van der Waals surface area contributed by atoms with E-state index in [2.05, 4.69) is 39.4 Å². The van der Waals surface area contributed by atoms with Gasteiger partial charge in [-0.2, -0.15) is 0 Å². The van der Waals surface area contributed by atoms with E-state index >= 15 is 0 Å². The number of hydrogen-bond donors (Lipinski definition) is 1. The molecule has 1 N–H and O–H groups in total. The molecule has 3 aliphatic heterocycles. The molecule has 0 radical (unpaired) electrons. The van der Waals surface area contributed by atoms with Crippen molar-refractivity contribution in [2.75, 3.05) is 52.5 Å². The Kier molecular flexibility index (Phi) is 6.44. The Morgan fingerprint density at radius 3 is 2.69 bits per heavy atom. The molecule has 1 aromatic carbocycles. The van der Waals surface area contributed by atoms with Crippen LogP contribution in [0.1, 0.15) is 31.2 Å². The van der Waals surface area contributed by atoms with Crippen LogP contribution in [0.15, 0.2) is 24.3 Å². The average Bonchev–Trinajstić information content (AvgIpc) is 2.93. The van der Waals surface area contributed by atoms with Crippen LogP contribution in [-0.2, 0) is 11.3 Å². The third kappa shape index (κ3) is 4.77. The molecule has 1 aromatic rings. The van der Waals surface area contributed by atoms with E-state index in [1.807, 2.05) is 0 Å². The van der Waals surface area contributed by atoms with E-state index in [1.54, 1.807) is 0 Å². The van der Waals surface area contributed by atoms with Gasteiger partial charge < -0.3 is 14.8 Å². The van der Waals surface area contributed by atoms with Crippen molar-refractivity contribution in [2.45, 2.75) is 44.3 Å². The van der Waals surface area contributed by atoms with Crippen LogP contribution in [0.25, 0.3) is 0 Å². The van der Waals surface area contributed by atoms with Crippen LogP contribution in [0.2, 0.25) is 0 Å². The first kappa shape index (κ1) is 18.2. The summed E-state index contributed by atoms with van der Waals surface area (Å²) in [6.45, 7) is 9.16. The molecular formula is C21H33N3O2. The lowest BCUT2D eigenvalue weighted by Gasteiger charge is -2.27. The number of morpholine rings is 1. The Hall–Kier alpha value is -1.14. The fraction of sp³-hybridized carbons (Fsp3) is 0.714. The first-order valence-electron chi connectivity index (χ1n) is 10.4. The van der Waals surface area contributed by atoms with E-state index in [0.29, 0.717) is 0 Å². The molecule has 144 valence electrons. The molecule has 0 saturated carbocycles. The van der Waals surface area contributed by atoms with E-state index < -0.39 is 0 Å². The van der Waals surface area contributed by atoms with Crippen LogP contribution in [-0.4, -0.2) is 74.4 Å². The fourth-order valence-corrected chi connectivity index (χ4v) is 4.54. The summed E-state index contributed by atoms with van der Waals surface area (Å²) in [4.78, 5) is 5.18. The summed E-state index contributed by atoms with van der Waals surface area (Å²) in [6, 6.07) is 10.3. The van der Waals surface area contributed by atoms with Crippen molar-refractivity contribution in [1.82, 2.24) is 15.1 Å². The minimum Gasteiger partial charge on any atom is -0.494 e. The van der Waals surface area contributed by atoms with Crippen LogP contribution >= 0.6 is 0 Å². The van der Waals surface area contributed by atoms with E-state index in [1.165, 1.54) is 31.4 Å². The predicted molar refractivity (Wildman–Crippen MR) is 104 cm³/mol. The molecule has 26 heavy (non-hydrogen) atoms. The van der Waals surface area contributed by atoms with Gasteiger partial charge in [0.05, 0.1) is 19.8 Å². The maximum atomic E-state index is 5.94. The van der Waals surface area contributed by atoms with Gasteiger partial charge >= 0.3 is 0 Å². The Morgan fingerprint density at radius 2 is 1.85 bits per heavy atom. The first-order valence-corrected chi connectivity index (χ1v) is 10.4. The molecule has 5 nitrogen and oxygen atoms in total. The highest BCUT2D eigenvalue weighted by atomic mass is 16.5. The highest BCUT2D eigenvalue weighted by Crippen LogP contribution is 2.29. The number of nitrogens with one attached hydrogen (secondary N) is 1. The highest BCUT2D eigenvalue weighted by molar-refractivity contribution is 5.27. The standard InChI is InChI=1S/C21H33N3O2/c1(10-23-11-14-25-15-12-23)13-26-21-6-2-18(3-7-21)17-24-19-4-5-20(24)16-22-9-8-19/h2-3,6-7,19-20,22H,1,4-5,8-17H2. The van der Waals surface area contributed by atoms with Gasteiger partial charge in [0.2, 0.25) is 0 Å². The molecule has 3 fully saturated rings. The molecule has 2 atom stereocenters. The van der Waals surface area contributed by atoms with Gasteiger partial charge in [0, 0.05) is 44.8 Å². The minimum atomic E-state index is 0.721. The van der Waals surface area contributed by atoms with Crippen LogP contribution in [0.4, 0.5) is 0 Å². The van der Waals surface area contributed by atoms with E-state index in [4.69, 9.17) is 9.47 Å². The molecule has 5 heteroatoms. The summed E-state index contributed by atoms with van der Waals surface area (Å²) in [6.07, 6.45) is 5.09. The second-order valence-electron chi connectivity index (χ2n) is 7.85. The average molecular weight is 360 g/mol. The molecule has 3 saturated heterocycles. The van der Waals surface area contributed by atoms with Crippen molar-refractivity contribution >= 4 is 0 Å². The van der Waals surface area contributed by atoms with Crippen molar-refractivity contribution in [3.8, 4) is 5.75 Å². The molecule has 3 heterocycles. The lowest BCUT2D eigenvalue weighted by molar-refractivity contribution is 0.0358. The van der Waals surface area contributed by atoms with E-state index in [0.717, 1.165) is 76.8 Å². The molecule has 0 spiro atoms. The molecule has 0 aliphatic carbocycles. The van der Waals surface area contributed by atoms with Gasteiger partial charge in [-0.1, -0.05) is 12.1 Å². The van der Waals surface area contributed by atoms with Gasteiger partial charge in [-0.25, -0.2) is 0 Å². The second kappa shape index (κ2) is 9.18. The van der Waals surface area contributed by atoms with Crippen LogP contribution in [0, 0.1) is 0 Å². The number of fused-ring (bicyclic) bond motifs is 2. The maximum Gasteiger partial charge on any atom is 0.119 e. The normalized spacial score (nSPS) is 27.4. The van der Waals surface area contributed by atoms with Crippen molar-refractivity contribution in [3.05, 3.63) is 29.8 Å². The minimum absolute atomic E-state index is 0.721. The maximum absolute atomic E-state index is 5.94. The summed E-state index contributed by atoms with van der Waals surface area (Å²) in [7, 11) is 0. The molecule has 2 unspecified atom stereocenters. The summed E-state index contributed by atoms with van der Waals surface area (Å²) in [5, 5.41) is 3.58. The lowest BCUT2D eigenvalue weighted by Crippen LogP contribution is -2.37. The number of hydrogen-bond acceptors (Lipinski definition) is 5. The molecular weight excluding hydrogens is 326 g/mol. The van der Waals surface area contributed by atoms with Crippen molar-refractivity contribution < 1.29 is 9.47 Å². The fourth-order valence-electron chi connectivity index (χ4n) is 4.54. The van der Waals surface area contributed by atoms with Crippen LogP contribution in [0.5, 0.6) is 5.75 Å². The third-order valence-electron chi connectivity index (χ3n) is 6.09. The van der Waals surface area contributed by atoms with Gasteiger partial charge in [0.15, 0.2) is 0 Å². The number of rotatable bonds is 7. The topological polar surface area (TPSA) is 37.0 Å². The van der Waals surface area contributed by atoms with Crippen molar-refractivity contribution in [2.24, 2.45) is 0 Å². The summed E-state index contributed by atoms with van der Waals surface area (Å²) in [5.41, 5.74) is 1.41. The molecule has 0 aromatic heterocycles. The third-order valence-corrected chi connectivity index (χ3v) is 6.09. The Bertz CT molecular complexity index is 531. The van der Waals surface area contributed by atoms with E-state index in [-0.39, 0.29) is 0 Å². The predicted octanol–water partition coefficient (Wildman–Crippen LogP) is 2.11. The van der Waals surface area contributed by atoms with Gasteiger partial charge in [-0.05, 0) is 49.9 Å². The summed E-state index contributed by atoms with van der Waals surface area (Å²) < 4.78 is 11.3. The van der Waals surface area contributed by atoms with Crippen LogP contribution < -0.4 is 10.1 Å². The molecule has 2 bridgehead atoms. The number of nitrogens with zero attached hydrogens (tertiary/aromatic N) is 2. The zero-order chi connectivity index (χ0) is 17.6. The van der Waals surface area contributed by atoms with Crippen molar-refractivity contribution in [1.29, 1.82) is 0 Å². The van der Waals surface area contributed by atoms with Gasteiger partial charge in [-0.3, -0.25) is 9.80 Å². The Morgan fingerprint density at radius 1 is 1.04 bits per heavy atom. The Labute approximate surface area is 157 Å². The largest absolute Gasteiger partial charge is 0.494 e. The van der Waals surface area contributed by atoms with Gasteiger partial charge in [-0.15, -0.1) is 0 Å². The number of ether oxygens (including phenoxy) is 2. The first-order chi connectivity index (χ1) is 12.9.